The van der Waals surface area contributed by atoms with Gasteiger partial charge < -0.3 is 10.2 Å². The molecule has 2 aromatic heterocycles. The lowest BCUT2D eigenvalue weighted by molar-refractivity contribution is 0.0945. The average molecular weight is 325 g/mol. The molecular weight excluding hydrogens is 302 g/mol. The Kier molecular flexibility index (Phi) is 5.03. The Morgan fingerprint density at radius 3 is 3.00 bits per heavy atom. The molecule has 6 nitrogen and oxygen atoms in total. The normalized spacial score (nSPS) is 17.6. The van der Waals surface area contributed by atoms with E-state index in [9.17, 15) is 4.79 Å². The molecule has 0 spiro atoms. The van der Waals surface area contributed by atoms with Crippen LogP contribution in [0, 0.1) is 12.8 Å². The van der Waals surface area contributed by atoms with Gasteiger partial charge in [-0.05, 0) is 37.8 Å². The first-order valence-electron chi connectivity index (χ1n) is 8.40. The molecule has 0 aromatic carbocycles. The van der Waals surface area contributed by atoms with Crippen LogP contribution in [0.3, 0.4) is 0 Å². The minimum atomic E-state index is -0.197. The smallest absolute Gasteiger partial charge is 0.270 e. The molecule has 0 saturated carbocycles. The number of hydrogen-bond donors (Lipinski definition) is 1. The molecule has 1 N–H and O–H groups in total. The minimum Gasteiger partial charge on any atom is -0.356 e. The van der Waals surface area contributed by atoms with Gasteiger partial charge in [0.25, 0.3) is 5.91 Å². The second-order valence-electron chi connectivity index (χ2n) is 6.36. The summed E-state index contributed by atoms with van der Waals surface area (Å²) in [6, 6.07) is 7.43. The summed E-state index contributed by atoms with van der Waals surface area (Å²) in [5.74, 6) is 1.92. The number of anilines is 1. The van der Waals surface area contributed by atoms with Crippen molar-refractivity contribution in [1.82, 2.24) is 20.3 Å². The Labute approximate surface area is 142 Å². The van der Waals surface area contributed by atoms with Crippen molar-refractivity contribution in [1.29, 1.82) is 0 Å². The number of nitrogens with zero attached hydrogens (tertiary/aromatic N) is 4. The largest absolute Gasteiger partial charge is 0.356 e. The fraction of sp³-hybridized carbons (Fsp3) is 0.444. The van der Waals surface area contributed by atoms with Gasteiger partial charge >= 0.3 is 0 Å². The number of aromatic nitrogens is 3. The van der Waals surface area contributed by atoms with Gasteiger partial charge in [-0.1, -0.05) is 13.0 Å². The predicted octanol–water partition coefficient (Wildman–Crippen LogP) is 2.35. The van der Waals surface area contributed by atoms with Crippen molar-refractivity contribution in [3.8, 4) is 0 Å². The van der Waals surface area contributed by atoms with Crippen LogP contribution in [-0.2, 0) is 6.54 Å². The van der Waals surface area contributed by atoms with Crippen molar-refractivity contribution in [3.05, 3.63) is 47.7 Å². The molecule has 126 valence electrons. The van der Waals surface area contributed by atoms with Crippen LogP contribution in [0.25, 0.3) is 0 Å². The van der Waals surface area contributed by atoms with Crippen molar-refractivity contribution in [2.24, 2.45) is 5.92 Å². The number of hydrogen-bond acceptors (Lipinski definition) is 5. The highest BCUT2D eigenvalue weighted by Crippen LogP contribution is 2.21. The highest BCUT2D eigenvalue weighted by atomic mass is 16.1. The Bertz CT molecular complexity index is 704. The summed E-state index contributed by atoms with van der Waals surface area (Å²) in [4.78, 5) is 27.7. The van der Waals surface area contributed by atoms with E-state index >= 15 is 0 Å². The summed E-state index contributed by atoms with van der Waals surface area (Å²) in [7, 11) is 0. The van der Waals surface area contributed by atoms with E-state index in [0.29, 0.717) is 24.0 Å². The molecule has 0 radical (unpaired) electrons. The standard InChI is InChI=1S/C18H23N5O/c1-13-6-5-9-23(12-13)17-10-16(21-14(2)22-17)18(24)20-11-15-7-3-4-8-19-15/h3-4,7-8,10,13H,5-6,9,11-12H2,1-2H3,(H,20,24). The van der Waals surface area contributed by atoms with Gasteiger partial charge in [0, 0.05) is 25.4 Å². The molecular formula is C18H23N5O. The van der Waals surface area contributed by atoms with Crippen molar-refractivity contribution in [2.45, 2.75) is 33.2 Å². The second kappa shape index (κ2) is 7.38. The SMILES string of the molecule is Cc1nc(C(=O)NCc2ccccn2)cc(N2CCCC(C)C2)n1. The quantitative estimate of drug-likeness (QED) is 0.934. The molecule has 3 heterocycles. The van der Waals surface area contributed by atoms with E-state index in [2.05, 4.69) is 32.1 Å². The third kappa shape index (κ3) is 4.07. The summed E-state index contributed by atoms with van der Waals surface area (Å²) in [5.41, 5.74) is 1.23. The maximum absolute atomic E-state index is 12.4. The Morgan fingerprint density at radius 2 is 2.25 bits per heavy atom. The summed E-state index contributed by atoms with van der Waals surface area (Å²) < 4.78 is 0. The monoisotopic (exact) mass is 325 g/mol. The zero-order valence-electron chi connectivity index (χ0n) is 14.2. The topological polar surface area (TPSA) is 71.0 Å². The molecule has 6 heteroatoms. The van der Waals surface area contributed by atoms with Gasteiger partial charge in [-0.3, -0.25) is 9.78 Å². The first kappa shape index (κ1) is 16.4. The van der Waals surface area contributed by atoms with Gasteiger partial charge in [0.2, 0.25) is 0 Å². The summed E-state index contributed by atoms with van der Waals surface area (Å²) >= 11 is 0. The molecule has 1 fully saturated rings. The van der Waals surface area contributed by atoms with Crippen LogP contribution >= 0.6 is 0 Å². The van der Waals surface area contributed by atoms with Crippen LogP contribution in [-0.4, -0.2) is 33.9 Å². The Morgan fingerprint density at radius 1 is 1.38 bits per heavy atom. The highest BCUT2D eigenvalue weighted by Gasteiger charge is 2.20. The van der Waals surface area contributed by atoms with Crippen molar-refractivity contribution < 1.29 is 4.79 Å². The summed E-state index contributed by atoms with van der Waals surface area (Å²) in [6.07, 6.45) is 4.12. The summed E-state index contributed by atoms with van der Waals surface area (Å²) in [5, 5.41) is 2.87. The average Bonchev–Trinajstić information content (AvgIpc) is 2.60. The fourth-order valence-corrected chi connectivity index (χ4v) is 2.99. The third-order valence-electron chi connectivity index (χ3n) is 4.19. The van der Waals surface area contributed by atoms with Crippen LogP contribution in [0.2, 0.25) is 0 Å². The molecule has 2 aromatic rings. The van der Waals surface area contributed by atoms with Crippen molar-refractivity contribution in [3.63, 3.8) is 0 Å². The molecule has 1 aliphatic rings. The molecule has 1 saturated heterocycles. The van der Waals surface area contributed by atoms with Crippen LogP contribution < -0.4 is 10.2 Å². The van der Waals surface area contributed by atoms with Crippen LogP contribution in [0.1, 0.15) is 41.8 Å². The Balaban J connectivity index is 1.72. The minimum absolute atomic E-state index is 0.197. The zero-order chi connectivity index (χ0) is 16.9. The number of carbonyl (C=O) groups is 1. The van der Waals surface area contributed by atoms with Gasteiger partial charge in [0.1, 0.15) is 17.3 Å². The van der Waals surface area contributed by atoms with E-state index in [4.69, 9.17) is 0 Å². The van der Waals surface area contributed by atoms with E-state index in [0.717, 1.165) is 31.0 Å². The van der Waals surface area contributed by atoms with Crippen LogP contribution in [0.4, 0.5) is 5.82 Å². The number of nitrogens with one attached hydrogen (secondary N) is 1. The van der Waals surface area contributed by atoms with Gasteiger partial charge in [-0.25, -0.2) is 9.97 Å². The van der Waals surface area contributed by atoms with Crippen molar-refractivity contribution >= 4 is 11.7 Å². The predicted molar refractivity (Wildman–Crippen MR) is 92.8 cm³/mol. The molecule has 0 bridgehead atoms. The number of aryl methyl sites for hydroxylation is 1. The molecule has 1 aliphatic heterocycles. The van der Waals surface area contributed by atoms with Gasteiger partial charge in [-0.2, -0.15) is 0 Å². The second-order valence-corrected chi connectivity index (χ2v) is 6.36. The number of amides is 1. The number of carbonyl (C=O) groups excluding carboxylic acids is 1. The maximum atomic E-state index is 12.4. The number of rotatable bonds is 4. The van der Waals surface area contributed by atoms with E-state index in [1.54, 1.807) is 12.3 Å². The van der Waals surface area contributed by atoms with E-state index in [-0.39, 0.29) is 5.91 Å². The van der Waals surface area contributed by atoms with Gasteiger partial charge in [-0.15, -0.1) is 0 Å². The maximum Gasteiger partial charge on any atom is 0.270 e. The number of piperidine rings is 1. The molecule has 3 rings (SSSR count). The lowest BCUT2D eigenvalue weighted by atomic mass is 10.0. The summed E-state index contributed by atoms with van der Waals surface area (Å²) in [6.45, 7) is 6.42. The van der Waals surface area contributed by atoms with Crippen LogP contribution in [0.5, 0.6) is 0 Å². The molecule has 1 unspecified atom stereocenters. The third-order valence-corrected chi connectivity index (χ3v) is 4.19. The molecule has 0 aliphatic carbocycles. The fourth-order valence-electron chi connectivity index (χ4n) is 2.99. The molecule has 1 atom stereocenters. The molecule has 24 heavy (non-hydrogen) atoms. The van der Waals surface area contributed by atoms with E-state index in [1.165, 1.54) is 6.42 Å². The van der Waals surface area contributed by atoms with Crippen LogP contribution in [0.15, 0.2) is 30.5 Å². The van der Waals surface area contributed by atoms with E-state index < -0.39 is 0 Å². The molecule has 1 amide bonds. The highest BCUT2D eigenvalue weighted by molar-refractivity contribution is 5.92. The first-order valence-corrected chi connectivity index (χ1v) is 8.40. The van der Waals surface area contributed by atoms with E-state index in [1.807, 2.05) is 25.1 Å². The zero-order valence-corrected chi connectivity index (χ0v) is 14.2. The number of pyridine rings is 1. The lowest BCUT2D eigenvalue weighted by Crippen LogP contribution is -2.35. The Hall–Kier alpha value is -2.50. The van der Waals surface area contributed by atoms with Gasteiger partial charge in [0.15, 0.2) is 0 Å². The van der Waals surface area contributed by atoms with Crippen molar-refractivity contribution in [2.75, 3.05) is 18.0 Å². The first-order chi connectivity index (χ1) is 11.6. The van der Waals surface area contributed by atoms with Gasteiger partial charge in [0.05, 0.1) is 12.2 Å². The lowest BCUT2D eigenvalue weighted by Gasteiger charge is -2.32.